The third-order valence-electron chi connectivity index (χ3n) is 2.36. The second-order valence-electron chi connectivity index (χ2n) is 3.56. The highest BCUT2D eigenvalue weighted by molar-refractivity contribution is 7.09. The number of halogens is 2. The highest BCUT2D eigenvalue weighted by Gasteiger charge is 2.11. The third kappa shape index (κ3) is 2.77. The molecule has 2 N–H and O–H groups in total. The van der Waals surface area contributed by atoms with Crippen molar-refractivity contribution in [3.05, 3.63) is 56.2 Å². The maximum absolute atomic E-state index is 6.12. The zero-order chi connectivity index (χ0) is 11.5. The normalized spacial score (nSPS) is 12.7. The molecule has 1 atom stereocenters. The van der Waals surface area contributed by atoms with E-state index in [0.717, 1.165) is 12.0 Å². The van der Waals surface area contributed by atoms with Gasteiger partial charge in [-0.2, -0.15) is 0 Å². The summed E-state index contributed by atoms with van der Waals surface area (Å²) in [4.78, 5) is 1.26. The predicted molar refractivity (Wildman–Crippen MR) is 71.4 cm³/mol. The van der Waals surface area contributed by atoms with Gasteiger partial charge in [0.05, 0.1) is 0 Å². The Bertz CT molecular complexity index is 468. The first kappa shape index (κ1) is 11.9. The van der Waals surface area contributed by atoms with Crippen LogP contribution in [0.2, 0.25) is 10.0 Å². The van der Waals surface area contributed by atoms with Gasteiger partial charge in [0.1, 0.15) is 0 Å². The zero-order valence-corrected chi connectivity index (χ0v) is 10.8. The van der Waals surface area contributed by atoms with E-state index in [9.17, 15) is 0 Å². The molecule has 0 aliphatic rings. The Morgan fingerprint density at radius 1 is 1.25 bits per heavy atom. The summed E-state index contributed by atoms with van der Waals surface area (Å²) in [6.07, 6.45) is 0.805. The second kappa shape index (κ2) is 5.19. The van der Waals surface area contributed by atoms with Crippen molar-refractivity contribution in [1.82, 2.24) is 0 Å². The minimum absolute atomic E-state index is 0.0802. The average Bonchev–Trinajstić information content (AvgIpc) is 2.70. The smallest absolute Gasteiger partial charge is 0.0468 e. The van der Waals surface area contributed by atoms with Crippen LogP contribution in [0.3, 0.4) is 0 Å². The van der Waals surface area contributed by atoms with E-state index in [1.165, 1.54) is 4.88 Å². The molecule has 84 valence electrons. The molecule has 1 heterocycles. The molecule has 0 saturated heterocycles. The molecule has 2 rings (SSSR count). The monoisotopic (exact) mass is 271 g/mol. The maximum Gasteiger partial charge on any atom is 0.0468 e. The fraction of sp³-hybridized carbons (Fsp3) is 0.167. The molecule has 0 amide bonds. The van der Waals surface area contributed by atoms with Crippen molar-refractivity contribution in [2.45, 2.75) is 12.5 Å². The van der Waals surface area contributed by atoms with Gasteiger partial charge in [0.2, 0.25) is 0 Å². The number of rotatable bonds is 3. The molecule has 0 fully saturated rings. The third-order valence-corrected chi connectivity index (χ3v) is 3.82. The van der Waals surface area contributed by atoms with Crippen LogP contribution in [-0.4, -0.2) is 0 Å². The molecular formula is C12H11Cl2NS. The molecule has 1 aromatic heterocycles. The molecule has 0 aliphatic carbocycles. The van der Waals surface area contributed by atoms with Crippen molar-refractivity contribution in [1.29, 1.82) is 0 Å². The predicted octanol–water partition coefficient (Wildman–Crippen LogP) is 4.30. The lowest BCUT2D eigenvalue weighted by molar-refractivity contribution is 0.730. The summed E-state index contributed by atoms with van der Waals surface area (Å²) in [6.45, 7) is 0. The van der Waals surface area contributed by atoms with Gasteiger partial charge in [-0.1, -0.05) is 35.3 Å². The molecule has 0 aliphatic heterocycles. The van der Waals surface area contributed by atoms with Gasteiger partial charge in [0.25, 0.3) is 0 Å². The van der Waals surface area contributed by atoms with Crippen molar-refractivity contribution in [2.75, 3.05) is 0 Å². The quantitative estimate of drug-likeness (QED) is 0.885. The zero-order valence-electron chi connectivity index (χ0n) is 8.49. The molecule has 0 bridgehead atoms. The van der Waals surface area contributed by atoms with Gasteiger partial charge in [0, 0.05) is 27.4 Å². The Morgan fingerprint density at radius 2 is 2.06 bits per heavy atom. The van der Waals surface area contributed by atoms with Crippen LogP contribution >= 0.6 is 34.5 Å². The van der Waals surface area contributed by atoms with E-state index in [4.69, 9.17) is 28.9 Å². The van der Waals surface area contributed by atoms with Crippen molar-refractivity contribution in [2.24, 2.45) is 5.73 Å². The van der Waals surface area contributed by atoms with Crippen LogP contribution in [0.15, 0.2) is 35.7 Å². The molecule has 2 aromatic rings. The van der Waals surface area contributed by atoms with Gasteiger partial charge in [-0.15, -0.1) is 11.3 Å². The van der Waals surface area contributed by atoms with Crippen LogP contribution in [0.25, 0.3) is 0 Å². The number of hydrogen-bond acceptors (Lipinski definition) is 2. The first-order valence-corrected chi connectivity index (χ1v) is 6.53. The minimum Gasteiger partial charge on any atom is -0.324 e. The Labute approximate surface area is 109 Å². The van der Waals surface area contributed by atoms with E-state index in [1.807, 2.05) is 23.6 Å². The Balaban J connectivity index is 2.17. The molecule has 4 heteroatoms. The Hall–Kier alpha value is -0.540. The number of benzene rings is 1. The summed E-state index contributed by atoms with van der Waals surface area (Å²) in [7, 11) is 0. The van der Waals surface area contributed by atoms with E-state index in [0.29, 0.717) is 10.0 Å². The van der Waals surface area contributed by atoms with Crippen molar-refractivity contribution >= 4 is 34.5 Å². The molecule has 16 heavy (non-hydrogen) atoms. The topological polar surface area (TPSA) is 26.0 Å². The van der Waals surface area contributed by atoms with Gasteiger partial charge < -0.3 is 5.73 Å². The molecule has 0 saturated carbocycles. The minimum atomic E-state index is -0.0802. The highest BCUT2D eigenvalue weighted by atomic mass is 35.5. The average molecular weight is 272 g/mol. The summed E-state index contributed by atoms with van der Waals surface area (Å²) in [6, 6.07) is 9.46. The van der Waals surface area contributed by atoms with Gasteiger partial charge in [0.15, 0.2) is 0 Å². The van der Waals surface area contributed by atoms with Crippen molar-refractivity contribution in [3.63, 3.8) is 0 Å². The van der Waals surface area contributed by atoms with E-state index >= 15 is 0 Å². The number of hydrogen-bond donors (Lipinski definition) is 1. The van der Waals surface area contributed by atoms with Crippen LogP contribution in [0.1, 0.15) is 16.5 Å². The molecular weight excluding hydrogens is 261 g/mol. The van der Waals surface area contributed by atoms with Gasteiger partial charge >= 0.3 is 0 Å². The van der Waals surface area contributed by atoms with Crippen molar-refractivity contribution in [3.8, 4) is 0 Å². The summed E-state index contributed by atoms with van der Waals surface area (Å²) in [5.74, 6) is 0. The van der Waals surface area contributed by atoms with Crippen LogP contribution in [0, 0.1) is 0 Å². The van der Waals surface area contributed by atoms with E-state index in [-0.39, 0.29) is 6.04 Å². The summed E-state index contributed by atoms with van der Waals surface area (Å²) in [5.41, 5.74) is 7.06. The Kier molecular flexibility index (Phi) is 3.87. The first-order valence-electron chi connectivity index (χ1n) is 4.89. The lowest BCUT2D eigenvalue weighted by atomic mass is 10.0. The van der Waals surface area contributed by atoms with Crippen LogP contribution in [-0.2, 0) is 6.42 Å². The maximum atomic E-state index is 6.12. The molecule has 1 unspecified atom stereocenters. The van der Waals surface area contributed by atoms with E-state index in [1.54, 1.807) is 17.4 Å². The van der Waals surface area contributed by atoms with Crippen LogP contribution in [0.5, 0.6) is 0 Å². The largest absolute Gasteiger partial charge is 0.324 e. The molecule has 0 radical (unpaired) electrons. The van der Waals surface area contributed by atoms with Gasteiger partial charge in [-0.3, -0.25) is 0 Å². The molecule has 0 spiro atoms. The Morgan fingerprint density at radius 3 is 2.69 bits per heavy atom. The summed E-state index contributed by atoms with van der Waals surface area (Å²) < 4.78 is 0. The first-order chi connectivity index (χ1) is 7.66. The van der Waals surface area contributed by atoms with Crippen LogP contribution < -0.4 is 5.73 Å². The fourth-order valence-electron chi connectivity index (χ4n) is 1.56. The summed E-state index contributed by atoms with van der Waals surface area (Å²) >= 11 is 13.7. The van der Waals surface area contributed by atoms with Gasteiger partial charge in [-0.05, 0) is 29.1 Å². The summed E-state index contributed by atoms with van der Waals surface area (Å²) in [5, 5.41) is 3.32. The SMILES string of the molecule is NC(Cc1cccs1)c1ccc(Cl)cc1Cl. The molecule has 1 aromatic carbocycles. The standard InChI is InChI=1S/C12H11Cl2NS/c13-8-3-4-10(11(14)6-8)12(15)7-9-2-1-5-16-9/h1-6,12H,7,15H2. The lowest BCUT2D eigenvalue weighted by Crippen LogP contribution is -2.13. The molecule has 1 nitrogen and oxygen atoms in total. The van der Waals surface area contributed by atoms with E-state index < -0.39 is 0 Å². The van der Waals surface area contributed by atoms with Crippen molar-refractivity contribution < 1.29 is 0 Å². The second-order valence-corrected chi connectivity index (χ2v) is 5.43. The number of thiophene rings is 1. The fourth-order valence-corrected chi connectivity index (χ4v) is 2.87. The lowest BCUT2D eigenvalue weighted by Gasteiger charge is -2.12. The highest BCUT2D eigenvalue weighted by Crippen LogP contribution is 2.27. The number of nitrogens with two attached hydrogens (primary N) is 1. The van der Waals surface area contributed by atoms with E-state index in [2.05, 4.69) is 6.07 Å². The van der Waals surface area contributed by atoms with Gasteiger partial charge in [-0.25, -0.2) is 0 Å². The van der Waals surface area contributed by atoms with Crippen LogP contribution in [0.4, 0.5) is 0 Å².